The minimum absolute atomic E-state index is 0.0225. The molecule has 2 rings (SSSR count). The average molecular weight is 395 g/mol. The minimum Gasteiger partial charge on any atom is -0.508 e. The van der Waals surface area contributed by atoms with E-state index in [1.807, 2.05) is 13.0 Å². The molecule has 0 fully saturated rings. The van der Waals surface area contributed by atoms with Gasteiger partial charge in [-0.1, -0.05) is 62.3 Å². The quantitative estimate of drug-likeness (QED) is 0.278. The van der Waals surface area contributed by atoms with E-state index in [0.29, 0.717) is 11.5 Å². The second-order valence-electron chi connectivity index (χ2n) is 6.84. The molecule has 0 bridgehead atoms. The van der Waals surface area contributed by atoms with Crippen LogP contribution in [-0.4, -0.2) is 25.9 Å². The number of carbonyl (C=O) groups excluding carboxylic acids is 1. The van der Waals surface area contributed by atoms with Crippen molar-refractivity contribution in [1.82, 2.24) is 4.73 Å². The van der Waals surface area contributed by atoms with Gasteiger partial charge in [0.2, 0.25) is 0 Å². The van der Waals surface area contributed by atoms with Crippen molar-refractivity contribution in [3.8, 4) is 22.6 Å². The van der Waals surface area contributed by atoms with Crippen LogP contribution in [0.3, 0.4) is 0 Å². The molecular weight excluding hydrogens is 370 g/mol. The summed E-state index contributed by atoms with van der Waals surface area (Å²) < 4.78 is 0.262. The van der Waals surface area contributed by atoms with Crippen molar-refractivity contribution in [3.63, 3.8) is 0 Å². The predicted molar refractivity (Wildman–Crippen MR) is 112 cm³/mol. The molecule has 3 N–H and O–H groups in total. The highest BCUT2D eigenvalue weighted by Gasteiger charge is 2.20. The number of rotatable bonds is 7. The lowest BCUT2D eigenvalue weighted by Crippen LogP contribution is -2.24. The van der Waals surface area contributed by atoms with Gasteiger partial charge < -0.3 is 15.4 Å². The van der Waals surface area contributed by atoms with Crippen LogP contribution in [0.2, 0.25) is 0 Å². The van der Waals surface area contributed by atoms with Crippen LogP contribution in [0.5, 0.6) is 11.5 Å². The first-order chi connectivity index (χ1) is 13.7. The number of hydrogen-bond donors (Lipinski definition) is 3. The zero-order valence-electron chi connectivity index (χ0n) is 16.7. The van der Waals surface area contributed by atoms with Crippen LogP contribution in [0, 0.1) is 5.92 Å². The summed E-state index contributed by atoms with van der Waals surface area (Å²) in [7, 11) is 0. The molecule has 1 heterocycles. The second-order valence-corrected chi connectivity index (χ2v) is 6.84. The summed E-state index contributed by atoms with van der Waals surface area (Å²) in [6.07, 6.45) is 10.3. The van der Waals surface area contributed by atoms with Crippen LogP contribution in [-0.2, 0) is 0 Å². The molecule has 0 spiro atoms. The van der Waals surface area contributed by atoms with E-state index in [1.54, 1.807) is 6.08 Å². The number of pyridine rings is 1. The third kappa shape index (κ3) is 5.48. The molecule has 152 valence electrons. The van der Waals surface area contributed by atoms with Crippen LogP contribution < -0.4 is 5.56 Å². The number of phenolic OH excluding ortho intramolecular Hbond substituents is 1. The molecule has 1 unspecified atom stereocenters. The summed E-state index contributed by atoms with van der Waals surface area (Å²) in [6.45, 7) is 6.17. The molecule has 6 nitrogen and oxygen atoms in total. The first-order valence-electron chi connectivity index (χ1n) is 9.29. The third-order valence-electron chi connectivity index (χ3n) is 4.50. The van der Waals surface area contributed by atoms with Gasteiger partial charge >= 0.3 is 0 Å². The Morgan fingerprint density at radius 1 is 1.14 bits per heavy atom. The van der Waals surface area contributed by atoms with Crippen LogP contribution >= 0.6 is 0 Å². The Bertz CT molecular complexity index is 1030. The fourth-order valence-corrected chi connectivity index (χ4v) is 2.72. The van der Waals surface area contributed by atoms with Crippen molar-refractivity contribution in [2.75, 3.05) is 0 Å². The lowest BCUT2D eigenvalue weighted by Gasteiger charge is -2.10. The van der Waals surface area contributed by atoms with Gasteiger partial charge in [-0.3, -0.25) is 9.59 Å². The number of aromatic hydroxyl groups is 2. The maximum atomic E-state index is 12.5. The molecule has 29 heavy (non-hydrogen) atoms. The number of allylic oxidation sites excluding steroid dienone is 6. The molecule has 0 aliphatic carbocycles. The monoisotopic (exact) mass is 395 g/mol. The van der Waals surface area contributed by atoms with E-state index in [9.17, 15) is 25.0 Å². The third-order valence-corrected chi connectivity index (χ3v) is 4.50. The normalized spacial score (nSPS) is 13.3. The Labute approximate surface area is 169 Å². The number of carbonyl (C=O) groups is 1. The van der Waals surface area contributed by atoms with Crippen LogP contribution in [0.15, 0.2) is 71.2 Å². The van der Waals surface area contributed by atoms with Crippen molar-refractivity contribution in [1.29, 1.82) is 0 Å². The zero-order chi connectivity index (χ0) is 21.6. The molecule has 0 saturated heterocycles. The molecule has 1 aromatic heterocycles. The van der Waals surface area contributed by atoms with Crippen LogP contribution in [0.25, 0.3) is 11.1 Å². The fourth-order valence-electron chi connectivity index (χ4n) is 2.72. The zero-order valence-corrected chi connectivity index (χ0v) is 16.7. The van der Waals surface area contributed by atoms with E-state index < -0.39 is 22.7 Å². The Kier molecular flexibility index (Phi) is 7.20. The van der Waals surface area contributed by atoms with Crippen LogP contribution in [0.4, 0.5) is 0 Å². The van der Waals surface area contributed by atoms with Gasteiger partial charge in [-0.25, -0.2) is 0 Å². The van der Waals surface area contributed by atoms with E-state index in [0.717, 1.165) is 24.3 Å². The van der Waals surface area contributed by atoms with Gasteiger partial charge in [0.25, 0.3) is 5.56 Å². The number of aromatic nitrogens is 1. The lowest BCUT2D eigenvalue weighted by atomic mass is 10.0. The standard InChI is InChI=1S/C23H25NO5/c1-4-15(2)13-16(3)7-5-6-8-20(26)21-22(27)19(14-24(29)23(21)28)17-9-11-18(25)12-10-17/h5-15,25,27,29H,4H2,1-3H3/b7-5+,8-6+,16-13+. The number of benzene rings is 1. The van der Waals surface area contributed by atoms with E-state index in [2.05, 4.69) is 19.9 Å². The Hall–Kier alpha value is -3.54. The van der Waals surface area contributed by atoms with Gasteiger partial charge in [-0.15, -0.1) is 0 Å². The average Bonchev–Trinajstić information content (AvgIpc) is 2.69. The van der Waals surface area contributed by atoms with Gasteiger partial charge in [-0.05, 0) is 36.6 Å². The number of nitrogens with zero attached hydrogens (tertiary/aromatic N) is 1. The van der Waals surface area contributed by atoms with Crippen molar-refractivity contribution >= 4 is 5.78 Å². The number of hydrogen-bond acceptors (Lipinski definition) is 5. The highest BCUT2D eigenvalue weighted by molar-refractivity contribution is 6.07. The molecule has 2 aromatic rings. The summed E-state index contributed by atoms with van der Waals surface area (Å²) >= 11 is 0. The smallest absolute Gasteiger partial charge is 0.297 e. The van der Waals surface area contributed by atoms with Gasteiger partial charge in [0.15, 0.2) is 5.78 Å². The largest absolute Gasteiger partial charge is 0.508 e. The predicted octanol–water partition coefficient (Wildman–Crippen LogP) is 4.45. The summed E-state index contributed by atoms with van der Waals surface area (Å²) in [5.41, 5.74) is 0.0102. The second kappa shape index (κ2) is 9.59. The van der Waals surface area contributed by atoms with Gasteiger partial charge in [0.05, 0.1) is 6.20 Å². The van der Waals surface area contributed by atoms with Gasteiger partial charge in [-0.2, -0.15) is 4.73 Å². The molecule has 0 aliphatic heterocycles. The molecule has 1 aromatic carbocycles. The van der Waals surface area contributed by atoms with E-state index in [4.69, 9.17) is 0 Å². The van der Waals surface area contributed by atoms with Crippen LogP contribution in [0.1, 0.15) is 37.6 Å². The number of phenols is 1. The molecule has 0 radical (unpaired) electrons. The summed E-state index contributed by atoms with van der Waals surface area (Å²) in [5.74, 6) is -0.788. The Morgan fingerprint density at radius 2 is 1.76 bits per heavy atom. The van der Waals surface area contributed by atoms with E-state index in [1.165, 1.54) is 30.3 Å². The van der Waals surface area contributed by atoms with Gasteiger partial charge in [0, 0.05) is 5.56 Å². The summed E-state index contributed by atoms with van der Waals surface area (Å²) in [6, 6.07) is 5.77. The molecular formula is C23H25NO5. The summed E-state index contributed by atoms with van der Waals surface area (Å²) in [4.78, 5) is 24.7. The van der Waals surface area contributed by atoms with Crippen molar-refractivity contribution in [2.24, 2.45) is 5.92 Å². The van der Waals surface area contributed by atoms with E-state index >= 15 is 0 Å². The molecule has 0 saturated carbocycles. The van der Waals surface area contributed by atoms with E-state index in [-0.39, 0.29) is 16.0 Å². The maximum absolute atomic E-state index is 12.5. The molecule has 0 aliphatic rings. The number of ketones is 1. The summed E-state index contributed by atoms with van der Waals surface area (Å²) in [5, 5.41) is 29.8. The molecule has 6 heteroatoms. The highest BCUT2D eigenvalue weighted by Crippen LogP contribution is 2.31. The molecule has 0 amide bonds. The van der Waals surface area contributed by atoms with Gasteiger partial charge in [0.1, 0.15) is 17.1 Å². The topological polar surface area (TPSA) is 99.8 Å². The maximum Gasteiger partial charge on any atom is 0.297 e. The van der Waals surface area contributed by atoms with Crippen molar-refractivity contribution in [3.05, 3.63) is 82.3 Å². The SMILES string of the molecule is CCC(C)/C=C(C)/C=C/C=C/C(=O)c1c(O)c(-c2ccc(O)cc2)cn(O)c1=O. The first kappa shape index (κ1) is 21.8. The molecule has 1 atom stereocenters. The highest BCUT2D eigenvalue weighted by atomic mass is 16.5. The lowest BCUT2D eigenvalue weighted by molar-refractivity contribution is 0.103. The minimum atomic E-state index is -1.02. The van der Waals surface area contributed by atoms with Crippen molar-refractivity contribution in [2.45, 2.75) is 27.2 Å². The first-order valence-corrected chi connectivity index (χ1v) is 9.29. The van der Waals surface area contributed by atoms with Crippen molar-refractivity contribution < 1.29 is 20.2 Å². The Balaban J connectivity index is 2.34. The Morgan fingerprint density at radius 3 is 2.38 bits per heavy atom. The fraction of sp³-hybridized carbons (Fsp3) is 0.217.